The fourth-order valence-corrected chi connectivity index (χ4v) is 2.24. The second-order valence-electron chi connectivity index (χ2n) is 3.35. The predicted molar refractivity (Wildman–Crippen MR) is 69.1 cm³/mol. The maximum atomic E-state index is 11.3. The molecule has 0 N–H and O–H groups in total. The van der Waals surface area contributed by atoms with Crippen LogP contribution < -0.4 is 0 Å². The maximum absolute atomic E-state index is 11.3. The third-order valence-electron chi connectivity index (χ3n) is 2.06. The van der Waals surface area contributed by atoms with E-state index < -0.39 is 5.97 Å². The smallest absolute Gasteiger partial charge is 0.396 e. The fourth-order valence-electron chi connectivity index (χ4n) is 1.20. The van der Waals surface area contributed by atoms with Crippen molar-refractivity contribution in [1.82, 2.24) is 15.2 Å². The van der Waals surface area contributed by atoms with Gasteiger partial charge in [-0.15, -0.1) is 5.10 Å². The number of carbonyl (C=O) groups is 1. The Bertz CT molecular complexity index is 576. The zero-order valence-corrected chi connectivity index (χ0v) is 11.6. The molecule has 0 aliphatic rings. The summed E-state index contributed by atoms with van der Waals surface area (Å²) in [6, 6.07) is 1.80. The lowest BCUT2D eigenvalue weighted by atomic mass is 10.3. The average molecular weight is 300 g/mol. The number of hydrogen-bond acceptors (Lipinski definition) is 7. The molecule has 19 heavy (non-hydrogen) atoms. The molecular formula is C11H10ClN3O3S. The molecule has 6 nitrogen and oxygen atoms in total. The summed E-state index contributed by atoms with van der Waals surface area (Å²) in [6.07, 6.45) is 3.22. The normalized spacial score (nSPS) is 10.4. The highest BCUT2D eigenvalue weighted by atomic mass is 35.5. The minimum Gasteiger partial charge on any atom is -0.459 e. The van der Waals surface area contributed by atoms with E-state index >= 15 is 0 Å². The van der Waals surface area contributed by atoms with Crippen molar-refractivity contribution in [2.75, 3.05) is 6.61 Å². The van der Waals surface area contributed by atoms with Crippen molar-refractivity contribution in [3.05, 3.63) is 34.9 Å². The van der Waals surface area contributed by atoms with Gasteiger partial charge in [-0.05, 0) is 18.6 Å². The standard InChI is InChI=1S/C11H10ClN3O3S/c1-2-17-10(16)9-14-15-11(18-9)19-6-7-3-4-13-5-8(7)12/h3-5H,2,6H2,1H3. The number of halogens is 1. The van der Waals surface area contributed by atoms with E-state index in [0.717, 1.165) is 5.56 Å². The quantitative estimate of drug-likeness (QED) is 0.620. The number of thioether (sulfide) groups is 1. The van der Waals surface area contributed by atoms with E-state index in [-0.39, 0.29) is 17.7 Å². The topological polar surface area (TPSA) is 78.1 Å². The molecule has 0 spiro atoms. The number of nitrogens with zero attached hydrogens (tertiary/aromatic N) is 3. The van der Waals surface area contributed by atoms with Crippen LogP contribution >= 0.6 is 23.4 Å². The first-order chi connectivity index (χ1) is 9.20. The Balaban J connectivity index is 1.97. The second kappa shape index (κ2) is 6.53. The van der Waals surface area contributed by atoms with Crippen LogP contribution in [0.4, 0.5) is 0 Å². The van der Waals surface area contributed by atoms with Crippen LogP contribution in [0.5, 0.6) is 0 Å². The molecule has 0 amide bonds. The lowest BCUT2D eigenvalue weighted by Crippen LogP contribution is -2.04. The lowest BCUT2D eigenvalue weighted by molar-refractivity contribution is 0.0475. The number of esters is 1. The van der Waals surface area contributed by atoms with Crippen molar-refractivity contribution in [2.45, 2.75) is 17.9 Å². The molecule has 2 aromatic heterocycles. The Kier molecular flexibility index (Phi) is 4.75. The molecule has 0 saturated carbocycles. The van der Waals surface area contributed by atoms with E-state index in [1.54, 1.807) is 25.4 Å². The van der Waals surface area contributed by atoms with E-state index in [2.05, 4.69) is 15.2 Å². The van der Waals surface area contributed by atoms with E-state index in [1.807, 2.05) is 0 Å². The van der Waals surface area contributed by atoms with Gasteiger partial charge >= 0.3 is 11.9 Å². The molecule has 8 heteroatoms. The minimum atomic E-state index is -0.621. The highest BCUT2D eigenvalue weighted by Crippen LogP contribution is 2.25. The molecule has 0 aromatic carbocycles. The van der Waals surface area contributed by atoms with Crippen molar-refractivity contribution in [3.8, 4) is 0 Å². The highest BCUT2D eigenvalue weighted by Gasteiger charge is 2.16. The largest absolute Gasteiger partial charge is 0.459 e. The predicted octanol–water partition coefficient (Wildman–Crippen LogP) is 2.59. The Morgan fingerprint density at radius 2 is 2.37 bits per heavy atom. The van der Waals surface area contributed by atoms with Crippen LogP contribution in [0.15, 0.2) is 28.1 Å². The molecule has 100 valence electrons. The van der Waals surface area contributed by atoms with E-state index in [4.69, 9.17) is 20.8 Å². The number of ether oxygens (including phenoxy) is 1. The van der Waals surface area contributed by atoms with E-state index in [1.165, 1.54) is 11.8 Å². The van der Waals surface area contributed by atoms with Crippen LogP contribution in [0.1, 0.15) is 23.2 Å². The van der Waals surface area contributed by atoms with Gasteiger partial charge in [-0.25, -0.2) is 4.79 Å². The monoisotopic (exact) mass is 299 g/mol. The molecule has 0 saturated heterocycles. The zero-order valence-electron chi connectivity index (χ0n) is 10.00. The molecule has 0 aliphatic heterocycles. The van der Waals surface area contributed by atoms with Crippen LogP contribution in [0.2, 0.25) is 5.02 Å². The molecular weight excluding hydrogens is 290 g/mol. The lowest BCUT2D eigenvalue weighted by Gasteiger charge is -1.99. The first-order valence-corrected chi connectivity index (χ1v) is 6.79. The summed E-state index contributed by atoms with van der Waals surface area (Å²) in [5.41, 5.74) is 0.901. The molecule has 0 bridgehead atoms. The third-order valence-corrected chi connectivity index (χ3v) is 3.27. The van der Waals surface area contributed by atoms with Gasteiger partial charge in [0.2, 0.25) is 0 Å². The summed E-state index contributed by atoms with van der Waals surface area (Å²) < 4.78 is 9.92. The molecule has 2 rings (SSSR count). The van der Waals surface area contributed by atoms with Crippen molar-refractivity contribution in [2.24, 2.45) is 0 Å². The van der Waals surface area contributed by atoms with Gasteiger partial charge in [0.15, 0.2) is 0 Å². The molecule has 0 atom stereocenters. The molecule has 0 aliphatic carbocycles. The van der Waals surface area contributed by atoms with Crippen molar-refractivity contribution in [3.63, 3.8) is 0 Å². The molecule has 2 aromatic rings. The van der Waals surface area contributed by atoms with Crippen molar-refractivity contribution < 1.29 is 13.9 Å². The molecule has 0 unspecified atom stereocenters. The first-order valence-electron chi connectivity index (χ1n) is 5.42. The van der Waals surface area contributed by atoms with Crippen LogP contribution in [0.3, 0.4) is 0 Å². The number of hydrogen-bond donors (Lipinski definition) is 0. The number of aromatic nitrogens is 3. The van der Waals surface area contributed by atoms with Gasteiger partial charge in [-0.1, -0.05) is 28.5 Å². The van der Waals surface area contributed by atoms with Gasteiger partial charge in [0.1, 0.15) is 0 Å². The van der Waals surface area contributed by atoms with Crippen LogP contribution in [-0.2, 0) is 10.5 Å². The van der Waals surface area contributed by atoms with Gasteiger partial charge in [0, 0.05) is 18.1 Å². The van der Waals surface area contributed by atoms with Gasteiger partial charge in [-0.3, -0.25) is 4.98 Å². The van der Waals surface area contributed by atoms with Crippen LogP contribution in [0.25, 0.3) is 0 Å². The minimum absolute atomic E-state index is 0.148. The van der Waals surface area contributed by atoms with Crippen molar-refractivity contribution >= 4 is 29.3 Å². The van der Waals surface area contributed by atoms with Gasteiger partial charge < -0.3 is 9.15 Å². The third kappa shape index (κ3) is 3.68. The maximum Gasteiger partial charge on any atom is 0.396 e. The SMILES string of the molecule is CCOC(=O)c1nnc(SCc2ccncc2Cl)o1. The van der Waals surface area contributed by atoms with Gasteiger partial charge in [0.05, 0.1) is 11.6 Å². The van der Waals surface area contributed by atoms with Gasteiger partial charge in [-0.2, -0.15) is 0 Å². The first kappa shape index (κ1) is 13.8. The Morgan fingerprint density at radius 3 is 3.11 bits per heavy atom. The van der Waals surface area contributed by atoms with E-state index in [9.17, 15) is 4.79 Å². The molecule has 0 radical (unpaired) electrons. The van der Waals surface area contributed by atoms with Gasteiger partial charge in [0.25, 0.3) is 5.22 Å². The fraction of sp³-hybridized carbons (Fsp3) is 0.273. The Labute approximate surface area is 118 Å². The highest BCUT2D eigenvalue weighted by molar-refractivity contribution is 7.98. The van der Waals surface area contributed by atoms with Crippen molar-refractivity contribution in [1.29, 1.82) is 0 Å². The summed E-state index contributed by atoms with van der Waals surface area (Å²) in [5.74, 6) is -0.222. The van der Waals surface area contributed by atoms with Crippen LogP contribution in [-0.4, -0.2) is 27.8 Å². The Morgan fingerprint density at radius 1 is 1.53 bits per heavy atom. The summed E-state index contributed by atoms with van der Waals surface area (Å²) in [4.78, 5) is 15.2. The Hall–Kier alpha value is -1.60. The molecule has 2 heterocycles. The van der Waals surface area contributed by atoms with E-state index in [0.29, 0.717) is 10.8 Å². The summed E-state index contributed by atoms with van der Waals surface area (Å²) in [5, 5.41) is 8.22. The summed E-state index contributed by atoms with van der Waals surface area (Å²) in [7, 11) is 0. The summed E-state index contributed by atoms with van der Waals surface area (Å²) in [6.45, 7) is 1.96. The number of carbonyl (C=O) groups excluding carboxylic acids is 1. The zero-order chi connectivity index (χ0) is 13.7. The number of pyridine rings is 1. The van der Waals surface area contributed by atoms with Crippen LogP contribution in [0, 0.1) is 0 Å². The summed E-state index contributed by atoms with van der Waals surface area (Å²) >= 11 is 7.25. The second-order valence-corrected chi connectivity index (χ2v) is 4.68. The average Bonchev–Trinajstić information content (AvgIpc) is 2.87. The number of rotatable bonds is 5. The molecule has 0 fully saturated rings.